The third-order valence-corrected chi connectivity index (χ3v) is 7.22. The lowest BCUT2D eigenvalue weighted by Crippen LogP contribution is -2.46. The smallest absolute Gasteiger partial charge is 0.254 e. The number of rotatable bonds is 4. The second-order valence-electron chi connectivity index (χ2n) is 9.39. The Labute approximate surface area is 180 Å². The van der Waals surface area contributed by atoms with E-state index < -0.39 is 0 Å². The number of piperidine rings is 2. The van der Waals surface area contributed by atoms with Crippen molar-refractivity contribution in [3.05, 3.63) is 70.3 Å². The highest BCUT2D eigenvalue weighted by atomic mass is 16.2. The van der Waals surface area contributed by atoms with Gasteiger partial charge in [-0.15, -0.1) is 0 Å². The minimum Gasteiger partial charge on any atom is -0.330 e. The van der Waals surface area contributed by atoms with Crippen LogP contribution in [0, 0.1) is 6.92 Å². The number of likely N-dealkylation sites (tertiary alicyclic amines) is 1. The van der Waals surface area contributed by atoms with Crippen molar-refractivity contribution in [3.8, 4) is 0 Å². The van der Waals surface area contributed by atoms with E-state index in [9.17, 15) is 4.79 Å². The Morgan fingerprint density at radius 3 is 2.70 bits per heavy atom. The molecule has 0 spiro atoms. The van der Waals surface area contributed by atoms with Gasteiger partial charge in [0, 0.05) is 31.2 Å². The van der Waals surface area contributed by atoms with Gasteiger partial charge in [0.05, 0.1) is 0 Å². The summed E-state index contributed by atoms with van der Waals surface area (Å²) >= 11 is 0. The number of hydrogen-bond donors (Lipinski definition) is 1. The zero-order valence-corrected chi connectivity index (χ0v) is 18.1. The fourth-order valence-corrected chi connectivity index (χ4v) is 5.50. The van der Waals surface area contributed by atoms with Crippen molar-refractivity contribution < 1.29 is 4.79 Å². The summed E-state index contributed by atoms with van der Waals surface area (Å²) in [5, 5.41) is 3.45. The molecule has 0 aromatic heterocycles. The highest BCUT2D eigenvalue weighted by Gasteiger charge is 2.34. The molecule has 4 heteroatoms. The van der Waals surface area contributed by atoms with Crippen molar-refractivity contribution >= 4 is 5.91 Å². The number of benzene rings is 2. The molecule has 4 nitrogen and oxygen atoms in total. The zero-order valence-electron chi connectivity index (χ0n) is 18.1. The largest absolute Gasteiger partial charge is 0.330 e. The zero-order chi connectivity index (χ0) is 20.5. The van der Waals surface area contributed by atoms with Crippen LogP contribution in [-0.4, -0.2) is 47.9 Å². The maximum Gasteiger partial charge on any atom is 0.254 e. The fourth-order valence-electron chi connectivity index (χ4n) is 5.50. The number of carbonyl (C=O) groups excluding carboxylic acids is 1. The maximum atomic E-state index is 12.9. The molecule has 0 aliphatic carbocycles. The molecule has 0 saturated carbocycles. The molecule has 2 fully saturated rings. The van der Waals surface area contributed by atoms with Gasteiger partial charge >= 0.3 is 0 Å². The van der Waals surface area contributed by atoms with E-state index >= 15 is 0 Å². The van der Waals surface area contributed by atoms with Crippen molar-refractivity contribution in [3.63, 3.8) is 0 Å². The van der Waals surface area contributed by atoms with Gasteiger partial charge in [-0.05, 0) is 80.9 Å². The first-order valence-electron chi connectivity index (χ1n) is 11.6. The molecule has 3 heterocycles. The predicted octanol–water partition coefficient (Wildman–Crippen LogP) is 4.08. The number of carbonyl (C=O) groups is 1. The molecule has 3 aliphatic heterocycles. The fraction of sp³-hybridized carbons (Fsp3) is 0.500. The molecule has 0 radical (unpaired) electrons. The van der Waals surface area contributed by atoms with Gasteiger partial charge in [0.15, 0.2) is 0 Å². The molecule has 1 N–H and O–H groups in total. The average Bonchev–Trinajstić information content (AvgIpc) is 3.11. The molecule has 30 heavy (non-hydrogen) atoms. The highest BCUT2D eigenvalue weighted by Crippen LogP contribution is 2.33. The van der Waals surface area contributed by atoms with Gasteiger partial charge in [-0.2, -0.15) is 0 Å². The Morgan fingerprint density at radius 1 is 1.07 bits per heavy atom. The van der Waals surface area contributed by atoms with Crippen LogP contribution in [0.15, 0.2) is 42.5 Å². The van der Waals surface area contributed by atoms with E-state index in [1.807, 2.05) is 0 Å². The van der Waals surface area contributed by atoms with Crippen molar-refractivity contribution in [1.29, 1.82) is 0 Å². The van der Waals surface area contributed by atoms with E-state index in [4.69, 9.17) is 0 Å². The van der Waals surface area contributed by atoms with E-state index in [1.54, 1.807) is 0 Å². The number of amides is 1. The lowest BCUT2D eigenvalue weighted by Gasteiger charge is -2.32. The quantitative estimate of drug-likeness (QED) is 0.835. The molecule has 0 bridgehead atoms. The second-order valence-corrected chi connectivity index (χ2v) is 9.39. The van der Waals surface area contributed by atoms with Crippen LogP contribution in [0.2, 0.25) is 0 Å². The Kier molecular flexibility index (Phi) is 5.62. The average molecular weight is 404 g/mol. The first-order valence-corrected chi connectivity index (χ1v) is 11.6. The van der Waals surface area contributed by atoms with Crippen LogP contribution >= 0.6 is 0 Å². The second kappa shape index (κ2) is 8.52. The number of nitrogens with one attached hydrogen (secondary N) is 1. The van der Waals surface area contributed by atoms with Crippen LogP contribution in [0.1, 0.15) is 64.2 Å². The standard InChI is InChI=1S/C26H33N3O/c1-19-4-2-5-20(14-19)17-28-12-9-21(10-13-28)22-7-8-25-23(15-22)18-29(26(25)30)24-6-3-11-27-16-24/h2,4-5,7-8,14-15,21,24,27H,3,6,9-13,16-18H2,1H3. The van der Waals surface area contributed by atoms with Crippen molar-refractivity contribution in [2.45, 2.75) is 57.7 Å². The van der Waals surface area contributed by atoms with Crippen LogP contribution in [0.4, 0.5) is 0 Å². The Balaban J connectivity index is 1.22. The normalized spacial score (nSPS) is 23.0. The summed E-state index contributed by atoms with van der Waals surface area (Å²) in [6.07, 6.45) is 4.69. The van der Waals surface area contributed by atoms with E-state index in [2.05, 4.69) is 64.5 Å². The highest BCUT2D eigenvalue weighted by molar-refractivity contribution is 5.98. The Bertz CT molecular complexity index is 910. The van der Waals surface area contributed by atoms with E-state index in [1.165, 1.54) is 35.1 Å². The summed E-state index contributed by atoms with van der Waals surface area (Å²) in [7, 11) is 0. The molecule has 2 aromatic rings. The predicted molar refractivity (Wildman–Crippen MR) is 121 cm³/mol. The summed E-state index contributed by atoms with van der Waals surface area (Å²) in [5.74, 6) is 0.850. The Morgan fingerprint density at radius 2 is 1.93 bits per heavy atom. The van der Waals surface area contributed by atoms with Gasteiger partial charge in [0.1, 0.15) is 0 Å². The summed E-state index contributed by atoms with van der Waals surface area (Å²) in [6.45, 7) is 8.32. The lowest BCUT2D eigenvalue weighted by atomic mass is 9.87. The molecular weight excluding hydrogens is 370 g/mol. The van der Waals surface area contributed by atoms with Gasteiger partial charge in [-0.3, -0.25) is 9.69 Å². The van der Waals surface area contributed by atoms with Gasteiger partial charge in [0.2, 0.25) is 0 Å². The van der Waals surface area contributed by atoms with E-state index in [-0.39, 0.29) is 5.91 Å². The minimum atomic E-state index is 0.234. The first kappa shape index (κ1) is 19.8. The molecule has 3 aliphatic rings. The minimum absolute atomic E-state index is 0.234. The van der Waals surface area contributed by atoms with Crippen LogP contribution in [0.25, 0.3) is 0 Å². The van der Waals surface area contributed by atoms with Crippen molar-refractivity contribution in [2.24, 2.45) is 0 Å². The van der Waals surface area contributed by atoms with Crippen LogP contribution in [-0.2, 0) is 13.1 Å². The van der Waals surface area contributed by atoms with Crippen LogP contribution in [0.5, 0.6) is 0 Å². The van der Waals surface area contributed by atoms with E-state index in [0.29, 0.717) is 12.0 Å². The van der Waals surface area contributed by atoms with Gasteiger partial charge in [-0.1, -0.05) is 42.0 Å². The summed E-state index contributed by atoms with van der Waals surface area (Å²) in [5.41, 5.74) is 6.36. The lowest BCUT2D eigenvalue weighted by molar-refractivity contribution is 0.0674. The van der Waals surface area contributed by atoms with Gasteiger partial charge in [0.25, 0.3) is 5.91 Å². The van der Waals surface area contributed by atoms with Gasteiger partial charge < -0.3 is 10.2 Å². The molecule has 1 atom stereocenters. The SMILES string of the molecule is Cc1cccc(CN2CCC(c3ccc4c(c3)CN(C3CCCNC3)C4=O)CC2)c1. The van der Waals surface area contributed by atoms with Crippen LogP contribution < -0.4 is 5.32 Å². The van der Waals surface area contributed by atoms with Crippen molar-refractivity contribution in [1.82, 2.24) is 15.1 Å². The van der Waals surface area contributed by atoms with Crippen molar-refractivity contribution in [2.75, 3.05) is 26.2 Å². The monoisotopic (exact) mass is 403 g/mol. The number of hydrogen-bond acceptors (Lipinski definition) is 3. The summed E-state index contributed by atoms with van der Waals surface area (Å²) < 4.78 is 0. The summed E-state index contributed by atoms with van der Waals surface area (Å²) in [4.78, 5) is 17.6. The molecule has 2 saturated heterocycles. The molecule has 1 amide bonds. The van der Waals surface area contributed by atoms with Gasteiger partial charge in [-0.25, -0.2) is 0 Å². The first-order chi connectivity index (χ1) is 14.7. The molecule has 158 valence electrons. The third-order valence-electron chi connectivity index (χ3n) is 7.22. The molecule has 2 aromatic carbocycles. The summed E-state index contributed by atoms with van der Waals surface area (Å²) in [6, 6.07) is 15.9. The topological polar surface area (TPSA) is 35.6 Å². The molecule has 5 rings (SSSR count). The number of nitrogens with zero attached hydrogens (tertiary/aromatic N) is 2. The van der Waals surface area contributed by atoms with Crippen LogP contribution in [0.3, 0.4) is 0 Å². The number of aryl methyl sites for hydroxylation is 1. The Hall–Kier alpha value is -2.17. The molecular formula is C26H33N3O. The molecule has 1 unspecified atom stereocenters. The van der Waals surface area contributed by atoms with E-state index in [0.717, 1.165) is 57.7 Å². The maximum absolute atomic E-state index is 12.9. The number of fused-ring (bicyclic) bond motifs is 1. The third kappa shape index (κ3) is 4.03.